The first-order valence-electron chi connectivity index (χ1n) is 13.8. The van der Waals surface area contributed by atoms with Crippen LogP contribution in [-0.4, -0.2) is 45.1 Å². The minimum absolute atomic E-state index is 0.0223. The van der Waals surface area contributed by atoms with Crippen molar-refractivity contribution in [1.29, 1.82) is 0 Å². The number of allylic oxidation sites excluding steroid dienone is 4. The zero-order valence-electron chi connectivity index (χ0n) is 24.1. The Bertz CT molecular complexity index is 1520. The SMILES string of the molecule is COCCN1C2=C(C(=O)CC(C)(C)C2)C(c2cc(Br)ccc2OS(=O)(=O)c2ccccc2)C2=C1CC(C)(C)CC2=O. The largest absolute Gasteiger partial charge is 0.383 e. The first kappa shape index (κ1) is 29.7. The van der Waals surface area contributed by atoms with Gasteiger partial charge < -0.3 is 13.8 Å². The third-order valence-corrected chi connectivity index (χ3v) is 9.80. The Hall–Kier alpha value is -2.75. The lowest BCUT2D eigenvalue weighted by molar-refractivity contribution is -0.119. The lowest BCUT2D eigenvalue weighted by atomic mass is 9.63. The molecular formula is C32H36BrNO6S. The van der Waals surface area contributed by atoms with Gasteiger partial charge >= 0.3 is 10.1 Å². The smallest absolute Gasteiger partial charge is 0.339 e. The van der Waals surface area contributed by atoms with Crippen LogP contribution in [0.1, 0.15) is 64.9 Å². The molecule has 0 atom stereocenters. The number of carbonyl (C=O) groups is 2. The summed E-state index contributed by atoms with van der Waals surface area (Å²) in [4.78, 5) is 30.2. The normalized spacial score (nSPS) is 20.7. The molecule has 3 aliphatic rings. The molecule has 1 heterocycles. The summed E-state index contributed by atoms with van der Waals surface area (Å²) in [5, 5.41) is 0. The van der Waals surface area contributed by atoms with Gasteiger partial charge in [0, 0.05) is 65.0 Å². The van der Waals surface area contributed by atoms with Crippen LogP contribution >= 0.6 is 15.9 Å². The molecule has 7 nitrogen and oxygen atoms in total. The van der Waals surface area contributed by atoms with E-state index in [-0.39, 0.29) is 33.0 Å². The number of hydrogen-bond acceptors (Lipinski definition) is 7. The molecule has 0 unspecified atom stereocenters. The van der Waals surface area contributed by atoms with Gasteiger partial charge in [-0.15, -0.1) is 0 Å². The van der Waals surface area contributed by atoms with Crippen molar-refractivity contribution in [1.82, 2.24) is 4.90 Å². The van der Waals surface area contributed by atoms with Crippen LogP contribution in [0.5, 0.6) is 5.75 Å². The van der Waals surface area contributed by atoms with E-state index in [0.717, 1.165) is 11.4 Å². The second-order valence-electron chi connectivity index (χ2n) is 12.7. The molecule has 2 aromatic carbocycles. The van der Waals surface area contributed by atoms with Crippen LogP contribution in [0.15, 0.2) is 80.4 Å². The third-order valence-electron chi connectivity index (χ3n) is 8.06. The highest BCUT2D eigenvalue weighted by molar-refractivity contribution is 9.10. The monoisotopic (exact) mass is 641 g/mol. The van der Waals surface area contributed by atoms with E-state index in [1.807, 2.05) is 0 Å². The van der Waals surface area contributed by atoms with Crippen LogP contribution in [0.4, 0.5) is 0 Å². The van der Waals surface area contributed by atoms with Crippen LogP contribution in [0.25, 0.3) is 0 Å². The summed E-state index contributed by atoms with van der Waals surface area (Å²) in [7, 11) is -2.54. The molecule has 0 aromatic heterocycles. The number of ether oxygens (including phenoxy) is 1. The molecule has 0 saturated heterocycles. The summed E-state index contributed by atoms with van der Waals surface area (Å²) in [6.07, 6.45) is 1.95. The minimum Gasteiger partial charge on any atom is -0.383 e. The molecule has 0 amide bonds. The van der Waals surface area contributed by atoms with E-state index in [2.05, 4.69) is 48.5 Å². The zero-order chi connectivity index (χ0) is 29.7. The van der Waals surface area contributed by atoms with Crippen molar-refractivity contribution in [2.24, 2.45) is 10.8 Å². The van der Waals surface area contributed by atoms with Gasteiger partial charge in [0.05, 0.1) is 6.61 Å². The standard InChI is InChI=1S/C32H36BrNO6S/c1-31(2)16-23-29(25(35)18-31)28(30-24(34(23)13-14-39-5)17-32(3,4)19-26(30)36)22-15-20(33)11-12-27(22)40-41(37,38)21-9-7-6-8-10-21/h6-12,15,28H,13-14,16-19H2,1-5H3. The predicted molar refractivity (Wildman–Crippen MR) is 160 cm³/mol. The molecule has 2 aromatic rings. The molecule has 0 spiro atoms. The Morgan fingerprint density at radius 2 is 1.44 bits per heavy atom. The van der Waals surface area contributed by atoms with Crippen LogP contribution < -0.4 is 4.18 Å². The Kier molecular flexibility index (Phi) is 7.85. The van der Waals surface area contributed by atoms with E-state index in [1.165, 1.54) is 12.1 Å². The summed E-state index contributed by atoms with van der Waals surface area (Å²) in [6.45, 7) is 9.27. The van der Waals surface area contributed by atoms with Crippen molar-refractivity contribution in [3.05, 3.63) is 81.1 Å². The van der Waals surface area contributed by atoms with Crippen LogP contribution in [0.3, 0.4) is 0 Å². The Balaban J connectivity index is 1.76. The van der Waals surface area contributed by atoms with E-state index < -0.39 is 16.0 Å². The van der Waals surface area contributed by atoms with Gasteiger partial charge in [0.1, 0.15) is 10.6 Å². The van der Waals surface area contributed by atoms with Crippen molar-refractivity contribution in [2.75, 3.05) is 20.3 Å². The van der Waals surface area contributed by atoms with Crippen molar-refractivity contribution in [2.45, 2.75) is 64.2 Å². The average Bonchev–Trinajstić information content (AvgIpc) is 2.87. The van der Waals surface area contributed by atoms with Crippen molar-refractivity contribution in [3.8, 4) is 5.75 Å². The van der Waals surface area contributed by atoms with Crippen LogP contribution in [-0.2, 0) is 24.4 Å². The van der Waals surface area contributed by atoms with Crippen molar-refractivity contribution < 1.29 is 26.9 Å². The maximum atomic E-state index is 14.0. The molecule has 0 bridgehead atoms. The zero-order valence-corrected chi connectivity index (χ0v) is 26.5. The van der Waals surface area contributed by atoms with Crippen LogP contribution in [0, 0.1) is 10.8 Å². The average molecular weight is 643 g/mol. The fraction of sp³-hybridized carbons (Fsp3) is 0.438. The second kappa shape index (κ2) is 10.8. The van der Waals surface area contributed by atoms with Gasteiger partial charge in [-0.25, -0.2) is 0 Å². The second-order valence-corrected chi connectivity index (χ2v) is 15.2. The predicted octanol–water partition coefficient (Wildman–Crippen LogP) is 6.55. The molecule has 5 rings (SSSR count). The molecule has 218 valence electrons. The summed E-state index contributed by atoms with van der Waals surface area (Å²) in [5.41, 5.74) is 2.80. The number of nitrogens with zero attached hydrogens (tertiary/aromatic N) is 1. The van der Waals surface area contributed by atoms with E-state index >= 15 is 0 Å². The number of halogens is 1. The van der Waals surface area contributed by atoms with E-state index in [0.29, 0.717) is 60.0 Å². The third kappa shape index (κ3) is 5.81. The highest BCUT2D eigenvalue weighted by Gasteiger charge is 2.49. The number of Topliss-reactive ketones (excluding diaryl/α,β-unsaturated/α-hetero) is 2. The highest BCUT2D eigenvalue weighted by atomic mass is 79.9. The highest BCUT2D eigenvalue weighted by Crippen LogP contribution is 2.55. The van der Waals surface area contributed by atoms with Crippen LogP contribution in [0.2, 0.25) is 0 Å². The van der Waals surface area contributed by atoms with E-state index in [4.69, 9.17) is 8.92 Å². The number of carbonyl (C=O) groups excluding carboxylic acids is 2. The quantitative estimate of drug-likeness (QED) is 0.317. The maximum absolute atomic E-state index is 14.0. The Labute approximate surface area is 250 Å². The molecule has 0 saturated carbocycles. The van der Waals surface area contributed by atoms with Crippen molar-refractivity contribution >= 4 is 37.6 Å². The van der Waals surface area contributed by atoms with Crippen molar-refractivity contribution in [3.63, 3.8) is 0 Å². The summed E-state index contributed by atoms with van der Waals surface area (Å²) in [6, 6.07) is 13.0. The lowest BCUT2D eigenvalue weighted by Crippen LogP contribution is -2.45. The number of rotatable bonds is 7. The number of benzene rings is 2. The first-order chi connectivity index (χ1) is 19.2. The molecule has 0 radical (unpaired) electrons. The fourth-order valence-electron chi connectivity index (χ4n) is 6.39. The summed E-state index contributed by atoms with van der Waals surface area (Å²) in [5.74, 6) is -0.722. The lowest BCUT2D eigenvalue weighted by Gasteiger charge is -2.49. The van der Waals surface area contributed by atoms with Gasteiger partial charge in [0.15, 0.2) is 11.6 Å². The van der Waals surface area contributed by atoms with Gasteiger partial charge in [-0.3, -0.25) is 9.59 Å². The van der Waals surface area contributed by atoms with Gasteiger partial charge in [0.2, 0.25) is 0 Å². The molecule has 2 aliphatic carbocycles. The molecule has 0 fully saturated rings. The van der Waals surface area contributed by atoms with E-state index in [9.17, 15) is 18.0 Å². The van der Waals surface area contributed by atoms with E-state index in [1.54, 1.807) is 43.5 Å². The Morgan fingerprint density at radius 3 is 1.98 bits per heavy atom. The number of ketones is 2. The summed E-state index contributed by atoms with van der Waals surface area (Å²) < 4.78 is 38.6. The molecular weight excluding hydrogens is 606 g/mol. The maximum Gasteiger partial charge on any atom is 0.339 e. The molecule has 1 aliphatic heterocycles. The van der Waals surface area contributed by atoms with Gasteiger partial charge in [0.25, 0.3) is 0 Å². The number of methoxy groups -OCH3 is 1. The summed E-state index contributed by atoms with van der Waals surface area (Å²) >= 11 is 3.54. The first-order valence-corrected chi connectivity index (χ1v) is 16.0. The van der Waals surface area contributed by atoms with Gasteiger partial charge in [-0.2, -0.15) is 8.42 Å². The molecule has 0 N–H and O–H groups in total. The molecule has 9 heteroatoms. The van der Waals surface area contributed by atoms with Gasteiger partial charge in [-0.1, -0.05) is 61.8 Å². The fourth-order valence-corrected chi connectivity index (χ4v) is 7.74. The van der Waals surface area contributed by atoms with Gasteiger partial charge in [-0.05, 0) is 54.0 Å². The Morgan fingerprint density at radius 1 is 0.878 bits per heavy atom. The minimum atomic E-state index is -4.18. The molecule has 41 heavy (non-hydrogen) atoms. The topological polar surface area (TPSA) is 90.0 Å². The number of hydrogen-bond donors (Lipinski definition) is 0.